The lowest BCUT2D eigenvalue weighted by Crippen LogP contribution is -2.22. The van der Waals surface area contributed by atoms with Crippen molar-refractivity contribution in [2.24, 2.45) is 0 Å². The summed E-state index contributed by atoms with van der Waals surface area (Å²) in [7, 11) is 0. The Morgan fingerprint density at radius 2 is 2.11 bits per heavy atom. The lowest BCUT2D eigenvalue weighted by atomic mass is 10.1. The van der Waals surface area contributed by atoms with Gasteiger partial charge < -0.3 is 4.98 Å². The molecule has 27 heavy (non-hydrogen) atoms. The highest BCUT2D eigenvalue weighted by atomic mass is 32.2. The van der Waals surface area contributed by atoms with Gasteiger partial charge >= 0.3 is 0 Å². The Hall–Kier alpha value is -2.71. The minimum Gasteiger partial charge on any atom is -0.309 e. The number of hydrogen-bond donors (Lipinski definition) is 1. The Bertz CT molecular complexity index is 1290. The third-order valence-electron chi connectivity index (χ3n) is 4.19. The zero-order valence-corrected chi connectivity index (χ0v) is 16.2. The number of nitrogens with zero attached hydrogens (tertiary/aromatic N) is 3. The van der Waals surface area contributed by atoms with Gasteiger partial charge in [0, 0.05) is 6.54 Å². The van der Waals surface area contributed by atoms with Gasteiger partial charge in [-0.25, -0.2) is 9.97 Å². The molecule has 0 radical (unpaired) electrons. The molecule has 0 unspecified atom stereocenters. The van der Waals surface area contributed by atoms with E-state index in [9.17, 15) is 9.59 Å². The van der Waals surface area contributed by atoms with Crippen molar-refractivity contribution in [2.45, 2.75) is 24.4 Å². The molecule has 0 aliphatic heterocycles. The number of thioether (sulfide) groups is 1. The number of para-hydroxylation sites is 1. The largest absolute Gasteiger partial charge is 0.309 e. The SMILES string of the molecule is C=CCn1c(SCc2nc3c(C)cccc3c(=O)[nH]2)nc2sccc2c1=O. The third kappa shape index (κ3) is 3.22. The molecule has 3 aromatic heterocycles. The van der Waals surface area contributed by atoms with E-state index in [0.717, 1.165) is 5.56 Å². The highest BCUT2D eigenvalue weighted by Crippen LogP contribution is 2.23. The van der Waals surface area contributed by atoms with Gasteiger partial charge in [0.2, 0.25) is 0 Å². The van der Waals surface area contributed by atoms with Gasteiger partial charge in [0.1, 0.15) is 10.7 Å². The molecule has 0 amide bonds. The van der Waals surface area contributed by atoms with Crippen LogP contribution >= 0.6 is 23.1 Å². The number of aromatic nitrogens is 4. The van der Waals surface area contributed by atoms with E-state index in [1.54, 1.807) is 22.8 Å². The molecule has 0 saturated carbocycles. The first kappa shape index (κ1) is 17.7. The maximum absolute atomic E-state index is 12.7. The van der Waals surface area contributed by atoms with Gasteiger partial charge in [-0.05, 0) is 30.0 Å². The Balaban J connectivity index is 1.73. The quantitative estimate of drug-likeness (QED) is 0.317. The average Bonchev–Trinajstić information content (AvgIpc) is 3.12. The zero-order valence-electron chi connectivity index (χ0n) is 14.6. The molecular weight excluding hydrogens is 380 g/mol. The maximum atomic E-state index is 12.7. The number of thiophene rings is 1. The Kier molecular flexibility index (Phi) is 4.67. The number of nitrogens with one attached hydrogen (secondary N) is 1. The Morgan fingerprint density at radius 1 is 1.26 bits per heavy atom. The summed E-state index contributed by atoms with van der Waals surface area (Å²) >= 11 is 2.81. The predicted octanol–water partition coefficient (Wildman–Crippen LogP) is 3.48. The van der Waals surface area contributed by atoms with Crippen LogP contribution in [0.3, 0.4) is 0 Å². The normalized spacial score (nSPS) is 11.3. The van der Waals surface area contributed by atoms with Gasteiger partial charge in [-0.3, -0.25) is 14.2 Å². The minimum atomic E-state index is -0.163. The molecule has 136 valence electrons. The lowest BCUT2D eigenvalue weighted by Gasteiger charge is -2.10. The van der Waals surface area contributed by atoms with Gasteiger partial charge in [0.25, 0.3) is 11.1 Å². The molecule has 0 aliphatic carbocycles. The van der Waals surface area contributed by atoms with Crippen molar-refractivity contribution in [1.29, 1.82) is 0 Å². The Labute approximate surface area is 162 Å². The van der Waals surface area contributed by atoms with Crippen LogP contribution in [0.15, 0.2) is 57.0 Å². The summed E-state index contributed by atoms with van der Waals surface area (Å²) in [4.78, 5) is 37.8. The molecule has 3 heterocycles. The van der Waals surface area contributed by atoms with Crippen LogP contribution in [0.5, 0.6) is 0 Å². The van der Waals surface area contributed by atoms with E-state index in [0.29, 0.717) is 44.4 Å². The van der Waals surface area contributed by atoms with Crippen molar-refractivity contribution >= 4 is 44.2 Å². The molecule has 0 saturated heterocycles. The Morgan fingerprint density at radius 3 is 2.93 bits per heavy atom. The van der Waals surface area contributed by atoms with Crippen molar-refractivity contribution in [2.75, 3.05) is 0 Å². The summed E-state index contributed by atoms with van der Waals surface area (Å²) in [6.07, 6.45) is 1.67. The van der Waals surface area contributed by atoms with Crippen LogP contribution < -0.4 is 11.1 Å². The predicted molar refractivity (Wildman–Crippen MR) is 111 cm³/mol. The van der Waals surface area contributed by atoms with Crippen LogP contribution in [0.1, 0.15) is 11.4 Å². The lowest BCUT2D eigenvalue weighted by molar-refractivity contribution is 0.672. The first-order valence-corrected chi connectivity index (χ1v) is 10.2. The molecule has 0 aliphatic rings. The summed E-state index contributed by atoms with van der Waals surface area (Å²) in [5.74, 6) is 0.956. The van der Waals surface area contributed by atoms with Crippen molar-refractivity contribution in [1.82, 2.24) is 19.5 Å². The molecule has 0 spiro atoms. The molecule has 8 heteroatoms. The van der Waals surface area contributed by atoms with E-state index in [1.807, 2.05) is 24.4 Å². The first-order chi connectivity index (χ1) is 13.1. The summed E-state index contributed by atoms with van der Waals surface area (Å²) in [5.41, 5.74) is 1.40. The fourth-order valence-corrected chi connectivity index (χ4v) is 4.57. The molecule has 4 aromatic rings. The molecule has 0 bridgehead atoms. The van der Waals surface area contributed by atoms with Crippen molar-refractivity contribution in [3.05, 3.63) is 74.4 Å². The third-order valence-corrected chi connectivity index (χ3v) is 5.98. The van der Waals surface area contributed by atoms with E-state index in [4.69, 9.17) is 0 Å². The second-order valence-electron chi connectivity index (χ2n) is 6.01. The number of fused-ring (bicyclic) bond motifs is 2. The topological polar surface area (TPSA) is 80.6 Å². The monoisotopic (exact) mass is 396 g/mol. The number of aryl methyl sites for hydroxylation is 1. The number of hydrogen-bond acceptors (Lipinski definition) is 6. The second-order valence-corrected chi connectivity index (χ2v) is 7.85. The first-order valence-electron chi connectivity index (χ1n) is 8.28. The average molecular weight is 396 g/mol. The molecule has 6 nitrogen and oxygen atoms in total. The van der Waals surface area contributed by atoms with Gasteiger partial charge in [0.15, 0.2) is 5.16 Å². The summed E-state index contributed by atoms with van der Waals surface area (Å²) in [6.45, 7) is 6.03. The van der Waals surface area contributed by atoms with Gasteiger partial charge in [-0.2, -0.15) is 0 Å². The van der Waals surface area contributed by atoms with Crippen molar-refractivity contribution < 1.29 is 0 Å². The maximum Gasteiger partial charge on any atom is 0.263 e. The van der Waals surface area contributed by atoms with Gasteiger partial charge in [0.05, 0.1) is 22.0 Å². The zero-order chi connectivity index (χ0) is 19.0. The van der Waals surface area contributed by atoms with Crippen molar-refractivity contribution in [3.63, 3.8) is 0 Å². The molecule has 4 rings (SSSR count). The number of aromatic amines is 1. The van der Waals surface area contributed by atoms with E-state index in [1.165, 1.54) is 23.1 Å². The second kappa shape index (κ2) is 7.13. The summed E-state index contributed by atoms with van der Waals surface area (Å²) in [6, 6.07) is 7.32. The number of benzene rings is 1. The van der Waals surface area contributed by atoms with E-state index < -0.39 is 0 Å². The standard InChI is InChI=1S/C19H16N4O2S2/c1-3-8-23-18(25)13-7-9-26-17(13)22-19(23)27-10-14-20-15-11(2)5-4-6-12(15)16(24)21-14/h3-7,9H,1,8,10H2,2H3,(H,20,21,24). The van der Waals surface area contributed by atoms with Crippen LogP contribution in [-0.2, 0) is 12.3 Å². The van der Waals surface area contributed by atoms with Gasteiger partial charge in [-0.15, -0.1) is 17.9 Å². The van der Waals surface area contributed by atoms with Crippen LogP contribution in [0.2, 0.25) is 0 Å². The summed E-state index contributed by atoms with van der Waals surface area (Å²) in [5, 5.41) is 3.63. The van der Waals surface area contributed by atoms with Crippen LogP contribution in [0.25, 0.3) is 21.1 Å². The van der Waals surface area contributed by atoms with E-state index in [-0.39, 0.29) is 11.1 Å². The van der Waals surface area contributed by atoms with Crippen molar-refractivity contribution in [3.8, 4) is 0 Å². The number of rotatable bonds is 5. The number of allylic oxidation sites excluding steroid dienone is 1. The van der Waals surface area contributed by atoms with E-state index in [2.05, 4.69) is 21.5 Å². The van der Waals surface area contributed by atoms with Crippen LogP contribution in [-0.4, -0.2) is 19.5 Å². The fourth-order valence-electron chi connectivity index (χ4n) is 2.88. The molecule has 1 N–H and O–H groups in total. The van der Waals surface area contributed by atoms with Gasteiger partial charge in [-0.1, -0.05) is 30.0 Å². The highest BCUT2D eigenvalue weighted by molar-refractivity contribution is 7.98. The smallest absolute Gasteiger partial charge is 0.263 e. The molecule has 1 aromatic carbocycles. The molecule has 0 atom stereocenters. The molecular formula is C19H16N4O2S2. The fraction of sp³-hybridized carbons (Fsp3) is 0.158. The van der Waals surface area contributed by atoms with Crippen LogP contribution in [0.4, 0.5) is 0 Å². The van der Waals surface area contributed by atoms with Crippen LogP contribution in [0, 0.1) is 6.92 Å². The highest BCUT2D eigenvalue weighted by Gasteiger charge is 2.13. The summed E-state index contributed by atoms with van der Waals surface area (Å²) < 4.78 is 1.59. The van der Waals surface area contributed by atoms with E-state index >= 15 is 0 Å². The molecule has 0 fully saturated rings. The number of H-pyrrole nitrogens is 1. The minimum absolute atomic E-state index is 0.0838.